The third kappa shape index (κ3) is 2.04. The molecule has 1 rings (SSSR count). The van der Waals surface area contributed by atoms with Crippen molar-refractivity contribution >= 4 is 0 Å². The van der Waals surface area contributed by atoms with Gasteiger partial charge in [-0.05, 0) is 25.5 Å². The Morgan fingerprint density at radius 2 is 2.00 bits per heavy atom. The Morgan fingerprint density at radius 1 is 1.36 bits per heavy atom. The molecule has 2 N–H and O–H groups in total. The molecule has 2 unspecified atom stereocenters. The molecule has 1 aromatic rings. The first-order valence-electron chi connectivity index (χ1n) is 4.64. The van der Waals surface area contributed by atoms with Crippen LogP contribution in [0.4, 0.5) is 4.39 Å². The third-order valence-corrected chi connectivity index (χ3v) is 2.20. The van der Waals surface area contributed by atoms with Gasteiger partial charge in [0.25, 0.3) is 0 Å². The first-order valence-corrected chi connectivity index (χ1v) is 4.64. The molecule has 0 amide bonds. The van der Waals surface area contributed by atoms with E-state index < -0.39 is 6.17 Å². The molecule has 0 saturated heterocycles. The molecular formula is C11H16FNO. The van der Waals surface area contributed by atoms with E-state index >= 15 is 0 Å². The summed E-state index contributed by atoms with van der Waals surface area (Å²) in [7, 11) is 1.56. The van der Waals surface area contributed by atoms with Crippen LogP contribution in [-0.2, 0) is 0 Å². The van der Waals surface area contributed by atoms with Gasteiger partial charge in [-0.2, -0.15) is 0 Å². The third-order valence-electron chi connectivity index (χ3n) is 2.20. The van der Waals surface area contributed by atoms with E-state index in [0.717, 1.165) is 5.56 Å². The first kappa shape index (κ1) is 11.0. The van der Waals surface area contributed by atoms with Gasteiger partial charge in [-0.25, -0.2) is 4.39 Å². The summed E-state index contributed by atoms with van der Waals surface area (Å²) < 4.78 is 18.4. The molecule has 0 aliphatic carbocycles. The van der Waals surface area contributed by atoms with Gasteiger partial charge in [-0.3, -0.25) is 0 Å². The molecule has 14 heavy (non-hydrogen) atoms. The highest BCUT2D eigenvalue weighted by molar-refractivity contribution is 5.43. The van der Waals surface area contributed by atoms with E-state index in [4.69, 9.17) is 10.5 Å². The Balaban J connectivity index is 3.28. The van der Waals surface area contributed by atoms with Crippen molar-refractivity contribution < 1.29 is 9.13 Å². The summed E-state index contributed by atoms with van der Waals surface area (Å²) in [5.74, 6) is 0.655. The maximum atomic E-state index is 13.3. The van der Waals surface area contributed by atoms with Gasteiger partial charge in [0, 0.05) is 11.6 Å². The minimum Gasteiger partial charge on any atom is -0.496 e. The Morgan fingerprint density at radius 3 is 2.43 bits per heavy atom. The number of alkyl halides is 1. The maximum Gasteiger partial charge on any atom is 0.123 e. The summed E-state index contributed by atoms with van der Waals surface area (Å²) >= 11 is 0. The summed E-state index contributed by atoms with van der Waals surface area (Å²) in [4.78, 5) is 0. The standard InChI is InChI=1S/C11H16FNO/c1-7(12)9-5-4-6-10(14-3)11(9)8(2)13/h4-8H,13H2,1-3H3. The fourth-order valence-electron chi connectivity index (χ4n) is 1.57. The van der Waals surface area contributed by atoms with Crippen LogP contribution in [0.15, 0.2) is 18.2 Å². The summed E-state index contributed by atoms with van der Waals surface area (Å²) in [6, 6.07) is 5.09. The van der Waals surface area contributed by atoms with Gasteiger partial charge in [0.1, 0.15) is 11.9 Å². The minimum absolute atomic E-state index is 0.223. The van der Waals surface area contributed by atoms with Crippen LogP contribution >= 0.6 is 0 Å². The highest BCUT2D eigenvalue weighted by Crippen LogP contribution is 2.32. The Bertz CT molecular complexity index is 310. The molecule has 0 aliphatic rings. The van der Waals surface area contributed by atoms with Crippen LogP contribution in [0.2, 0.25) is 0 Å². The van der Waals surface area contributed by atoms with Crippen molar-refractivity contribution in [3.05, 3.63) is 29.3 Å². The predicted octanol–water partition coefficient (Wildman–Crippen LogP) is 2.75. The van der Waals surface area contributed by atoms with Crippen LogP contribution in [-0.4, -0.2) is 7.11 Å². The van der Waals surface area contributed by atoms with Gasteiger partial charge < -0.3 is 10.5 Å². The zero-order valence-electron chi connectivity index (χ0n) is 8.75. The lowest BCUT2D eigenvalue weighted by Crippen LogP contribution is -2.10. The van der Waals surface area contributed by atoms with E-state index in [1.807, 2.05) is 6.92 Å². The number of halogens is 1. The molecular weight excluding hydrogens is 181 g/mol. The van der Waals surface area contributed by atoms with Crippen molar-refractivity contribution in [1.82, 2.24) is 0 Å². The normalized spacial score (nSPS) is 14.9. The number of rotatable bonds is 3. The van der Waals surface area contributed by atoms with Crippen molar-refractivity contribution in [2.75, 3.05) is 7.11 Å². The maximum absolute atomic E-state index is 13.3. The molecule has 2 nitrogen and oxygen atoms in total. The molecule has 3 heteroatoms. The topological polar surface area (TPSA) is 35.2 Å². The van der Waals surface area contributed by atoms with Crippen LogP contribution in [0, 0.1) is 0 Å². The number of methoxy groups -OCH3 is 1. The molecule has 0 aromatic heterocycles. The van der Waals surface area contributed by atoms with Gasteiger partial charge in [0.05, 0.1) is 7.11 Å². The number of hydrogen-bond acceptors (Lipinski definition) is 2. The van der Waals surface area contributed by atoms with Gasteiger partial charge >= 0.3 is 0 Å². The second-order valence-electron chi connectivity index (χ2n) is 3.37. The minimum atomic E-state index is -1.02. The number of hydrogen-bond donors (Lipinski definition) is 1. The largest absolute Gasteiger partial charge is 0.496 e. The van der Waals surface area contributed by atoms with Crippen LogP contribution in [0.3, 0.4) is 0 Å². The van der Waals surface area contributed by atoms with Gasteiger partial charge in [-0.1, -0.05) is 12.1 Å². The quantitative estimate of drug-likeness (QED) is 0.808. The van der Waals surface area contributed by atoms with E-state index in [1.165, 1.54) is 6.92 Å². The lowest BCUT2D eigenvalue weighted by atomic mass is 9.98. The van der Waals surface area contributed by atoms with Crippen molar-refractivity contribution in [3.8, 4) is 5.75 Å². The van der Waals surface area contributed by atoms with Gasteiger partial charge in [0.15, 0.2) is 0 Å². The van der Waals surface area contributed by atoms with E-state index in [9.17, 15) is 4.39 Å². The molecule has 0 fully saturated rings. The van der Waals surface area contributed by atoms with Crippen molar-refractivity contribution in [1.29, 1.82) is 0 Å². The first-order chi connectivity index (χ1) is 6.57. The highest BCUT2D eigenvalue weighted by atomic mass is 19.1. The zero-order chi connectivity index (χ0) is 10.7. The zero-order valence-corrected chi connectivity index (χ0v) is 8.75. The van der Waals surface area contributed by atoms with Gasteiger partial charge in [0.2, 0.25) is 0 Å². The van der Waals surface area contributed by atoms with Crippen molar-refractivity contribution in [2.45, 2.75) is 26.1 Å². The second-order valence-corrected chi connectivity index (χ2v) is 3.37. The molecule has 2 atom stereocenters. The van der Waals surface area contributed by atoms with Crippen molar-refractivity contribution in [3.63, 3.8) is 0 Å². The number of benzene rings is 1. The molecule has 0 heterocycles. The lowest BCUT2D eigenvalue weighted by molar-refractivity contribution is 0.362. The van der Waals surface area contributed by atoms with E-state index in [1.54, 1.807) is 25.3 Å². The van der Waals surface area contributed by atoms with Crippen LogP contribution in [0.5, 0.6) is 5.75 Å². The average Bonchev–Trinajstić information content (AvgIpc) is 2.16. The number of nitrogens with two attached hydrogens (primary N) is 1. The average molecular weight is 197 g/mol. The highest BCUT2D eigenvalue weighted by Gasteiger charge is 2.16. The summed E-state index contributed by atoms with van der Waals surface area (Å²) in [5.41, 5.74) is 7.15. The Labute approximate surface area is 83.9 Å². The van der Waals surface area contributed by atoms with Crippen LogP contribution in [0.1, 0.15) is 37.2 Å². The Kier molecular flexibility index (Phi) is 3.47. The van der Waals surface area contributed by atoms with Crippen LogP contribution < -0.4 is 10.5 Å². The smallest absolute Gasteiger partial charge is 0.123 e. The monoisotopic (exact) mass is 197 g/mol. The van der Waals surface area contributed by atoms with E-state index in [-0.39, 0.29) is 6.04 Å². The predicted molar refractivity (Wildman–Crippen MR) is 55.1 cm³/mol. The van der Waals surface area contributed by atoms with Crippen molar-refractivity contribution in [2.24, 2.45) is 5.73 Å². The van der Waals surface area contributed by atoms with E-state index in [0.29, 0.717) is 11.3 Å². The molecule has 0 aliphatic heterocycles. The molecule has 1 aromatic carbocycles. The van der Waals surface area contributed by atoms with Gasteiger partial charge in [-0.15, -0.1) is 0 Å². The number of ether oxygens (including phenoxy) is 1. The Hall–Kier alpha value is -1.09. The molecule has 0 saturated carbocycles. The summed E-state index contributed by atoms with van der Waals surface area (Å²) in [6.45, 7) is 3.32. The fraction of sp³-hybridized carbons (Fsp3) is 0.455. The second kappa shape index (κ2) is 4.42. The SMILES string of the molecule is COc1cccc(C(C)F)c1C(C)N. The molecule has 0 spiro atoms. The molecule has 0 radical (unpaired) electrons. The van der Waals surface area contributed by atoms with E-state index in [2.05, 4.69) is 0 Å². The summed E-state index contributed by atoms with van der Waals surface area (Å²) in [5, 5.41) is 0. The summed E-state index contributed by atoms with van der Waals surface area (Å²) in [6.07, 6.45) is -1.02. The molecule has 0 bridgehead atoms. The molecule has 78 valence electrons. The lowest BCUT2D eigenvalue weighted by Gasteiger charge is -2.17. The van der Waals surface area contributed by atoms with Crippen LogP contribution in [0.25, 0.3) is 0 Å². The fourth-order valence-corrected chi connectivity index (χ4v) is 1.57.